The molecule has 4 heteroatoms. The third-order valence-electron chi connectivity index (χ3n) is 10.5. The highest BCUT2D eigenvalue weighted by molar-refractivity contribution is 5.76. The zero-order valence-electron chi connectivity index (χ0n) is 36.0. The Morgan fingerprint density at radius 2 is 0.778 bits per heavy atom. The first-order valence-electron chi connectivity index (χ1n) is 23.5. The van der Waals surface area contributed by atoms with Gasteiger partial charge in [0.15, 0.2) is 0 Å². The van der Waals surface area contributed by atoms with Gasteiger partial charge >= 0.3 is 0 Å². The number of nitrogens with one attached hydrogen (secondary N) is 1. The molecular weight excluding hydrogens is 663 g/mol. The van der Waals surface area contributed by atoms with Crippen LogP contribution >= 0.6 is 0 Å². The van der Waals surface area contributed by atoms with Gasteiger partial charge in [-0.3, -0.25) is 4.79 Å². The van der Waals surface area contributed by atoms with E-state index in [-0.39, 0.29) is 12.5 Å². The van der Waals surface area contributed by atoms with Gasteiger partial charge in [-0.25, -0.2) is 0 Å². The van der Waals surface area contributed by atoms with E-state index in [1.807, 2.05) is 6.08 Å². The van der Waals surface area contributed by atoms with Crippen LogP contribution in [0.3, 0.4) is 0 Å². The molecule has 2 atom stereocenters. The summed E-state index contributed by atoms with van der Waals surface area (Å²) in [6.45, 7) is 4.25. The highest BCUT2D eigenvalue weighted by atomic mass is 16.3. The molecule has 2 unspecified atom stereocenters. The Bertz CT molecular complexity index is 904. The number of allylic oxidation sites excluding steroid dienone is 9. The summed E-state index contributed by atoms with van der Waals surface area (Å²) in [4.78, 5) is 12.4. The average molecular weight is 754 g/mol. The summed E-state index contributed by atoms with van der Waals surface area (Å²) in [6, 6.07) is -0.645. The SMILES string of the molecule is CCCCC/C=C/CC/C=C/CC/C=C/C(O)C(CO)NC(=O)CCCCCCCCCCCCCCCCCCC/C=C\C/C=C\CCCCCCC. The fraction of sp³-hybridized carbons (Fsp3) is 0.780. The van der Waals surface area contributed by atoms with E-state index in [0.717, 1.165) is 44.9 Å². The third-order valence-corrected chi connectivity index (χ3v) is 10.5. The van der Waals surface area contributed by atoms with Gasteiger partial charge in [-0.2, -0.15) is 0 Å². The highest BCUT2D eigenvalue weighted by Crippen LogP contribution is 2.15. The van der Waals surface area contributed by atoms with Crippen molar-refractivity contribution in [3.63, 3.8) is 0 Å². The van der Waals surface area contributed by atoms with Crippen molar-refractivity contribution in [1.29, 1.82) is 0 Å². The van der Waals surface area contributed by atoms with E-state index >= 15 is 0 Å². The van der Waals surface area contributed by atoms with Gasteiger partial charge in [-0.05, 0) is 77.0 Å². The number of aliphatic hydroxyl groups excluding tert-OH is 2. The Hall–Kier alpha value is -1.91. The summed E-state index contributed by atoms with van der Waals surface area (Å²) in [6.07, 6.45) is 63.5. The molecule has 0 saturated heterocycles. The minimum atomic E-state index is -0.869. The first kappa shape index (κ1) is 52.1. The van der Waals surface area contributed by atoms with Crippen LogP contribution in [0.15, 0.2) is 60.8 Å². The number of hydrogen-bond acceptors (Lipinski definition) is 3. The summed E-state index contributed by atoms with van der Waals surface area (Å²) in [7, 11) is 0. The predicted octanol–water partition coefficient (Wildman–Crippen LogP) is 14.9. The maximum absolute atomic E-state index is 12.4. The summed E-state index contributed by atoms with van der Waals surface area (Å²) >= 11 is 0. The molecule has 314 valence electrons. The van der Waals surface area contributed by atoms with Gasteiger partial charge in [0.2, 0.25) is 5.91 Å². The van der Waals surface area contributed by atoms with Gasteiger partial charge in [0.05, 0.1) is 18.8 Å². The molecule has 0 aromatic carbocycles. The predicted molar refractivity (Wildman–Crippen MR) is 239 cm³/mol. The molecule has 1 amide bonds. The van der Waals surface area contributed by atoms with E-state index in [1.54, 1.807) is 6.08 Å². The minimum Gasteiger partial charge on any atom is -0.394 e. The molecule has 4 nitrogen and oxygen atoms in total. The van der Waals surface area contributed by atoms with Crippen molar-refractivity contribution in [2.24, 2.45) is 0 Å². The molecule has 0 aliphatic heterocycles. The lowest BCUT2D eigenvalue weighted by Gasteiger charge is -2.19. The maximum Gasteiger partial charge on any atom is 0.220 e. The van der Waals surface area contributed by atoms with Crippen LogP contribution in [-0.4, -0.2) is 34.9 Å². The molecule has 0 fully saturated rings. The van der Waals surface area contributed by atoms with Crippen molar-refractivity contribution in [2.75, 3.05) is 6.61 Å². The van der Waals surface area contributed by atoms with E-state index in [4.69, 9.17) is 0 Å². The number of hydrogen-bond donors (Lipinski definition) is 3. The minimum absolute atomic E-state index is 0.0790. The van der Waals surface area contributed by atoms with Crippen LogP contribution in [0.25, 0.3) is 0 Å². The monoisotopic (exact) mass is 754 g/mol. The zero-order chi connectivity index (χ0) is 39.3. The number of rotatable bonds is 42. The number of carbonyl (C=O) groups excluding carboxylic acids is 1. The van der Waals surface area contributed by atoms with E-state index in [1.165, 1.54) is 167 Å². The number of unbranched alkanes of at least 4 members (excludes halogenated alkanes) is 27. The molecule has 0 aliphatic carbocycles. The first-order chi connectivity index (χ1) is 26.7. The van der Waals surface area contributed by atoms with Gasteiger partial charge < -0.3 is 15.5 Å². The van der Waals surface area contributed by atoms with Crippen LogP contribution in [0, 0.1) is 0 Å². The average Bonchev–Trinajstić information content (AvgIpc) is 3.18. The van der Waals surface area contributed by atoms with Crippen molar-refractivity contribution < 1.29 is 15.0 Å². The van der Waals surface area contributed by atoms with Crippen LogP contribution in [0.5, 0.6) is 0 Å². The van der Waals surface area contributed by atoms with Crippen molar-refractivity contribution >= 4 is 5.91 Å². The quantitative estimate of drug-likeness (QED) is 0.0429. The van der Waals surface area contributed by atoms with Gasteiger partial charge in [0.25, 0.3) is 0 Å². The Morgan fingerprint density at radius 1 is 0.444 bits per heavy atom. The fourth-order valence-corrected chi connectivity index (χ4v) is 6.83. The molecule has 0 saturated carbocycles. The molecule has 0 radical (unpaired) electrons. The van der Waals surface area contributed by atoms with E-state index in [9.17, 15) is 15.0 Å². The van der Waals surface area contributed by atoms with Crippen LogP contribution in [-0.2, 0) is 4.79 Å². The van der Waals surface area contributed by atoms with Crippen molar-refractivity contribution in [1.82, 2.24) is 5.32 Å². The lowest BCUT2D eigenvalue weighted by Crippen LogP contribution is -2.45. The molecule has 0 bridgehead atoms. The zero-order valence-corrected chi connectivity index (χ0v) is 36.0. The van der Waals surface area contributed by atoms with Gasteiger partial charge in [0.1, 0.15) is 0 Å². The number of amides is 1. The molecule has 0 spiro atoms. The Labute approximate surface area is 336 Å². The topological polar surface area (TPSA) is 69.6 Å². The number of aliphatic hydroxyl groups is 2. The van der Waals surface area contributed by atoms with Crippen LogP contribution in [0.4, 0.5) is 0 Å². The van der Waals surface area contributed by atoms with Crippen molar-refractivity contribution in [3.8, 4) is 0 Å². The molecular formula is C50H91NO3. The van der Waals surface area contributed by atoms with E-state index < -0.39 is 12.1 Å². The largest absolute Gasteiger partial charge is 0.394 e. The van der Waals surface area contributed by atoms with E-state index in [0.29, 0.717) is 6.42 Å². The highest BCUT2D eigenvalue weighted by Gasteiger charge is 2.17. The first-order valence-corrected chi connectivity index (χ1v) is 23.5. The lowest BCUT2D eigenvalue weighted by molar-refractivity contribution is -0.123. The van der Waals surface area contributed by atoms with Crippen LogP contribution < -0.4 is 5.32 Å². The summed E-state index contributed by atoms with van der Waals surface area (Å²) < 4.78 is 0. The normalized spacial score (nSPS) is 13.5. The smallest absolute Gasteiger partial charge is 0.220 e. The Morgan fingerprint density at radius 3 is 1.22 bits per heavy atom. The molecule has 0 heterocycles. The maximum atomic E-state index is 12.4. The van der Waals surface area contributed by atoms with Gasteiger partial charge in [-0.1, -0.05) is 209 Å². The van der Waals surface area contributed by atoms with Gasteiger partial charge in [-0.15, -0.1) is 0 Å². The summed E-state index contributed by atoms with van der Waals surface area (Å²) in [5, 5.41) is 22.9. The second-order valence-corrected chi connectivity index (χ2v) is 15.8. The summed E-state index contributed by atoms with van der Waals surface area (Å²) in [5.74, 6) is -0.0790. The third kappa shape index (κ3) is 41.3. The molecule has 0 aromatic heterocycles. The Kier molecular flexibility index (Phi) is 43.9. The fourth-order valence-electron chi connectivity index (χ4n) is 6.83. The van der Waals surface area contributed by atoms with Crippen LogP contribution in [0.2, 0.25) is 0 Å². The Balaban J connectivity index is 3.52. The van der Waals surface area contributed by atoms with E-state index in [2.05, 4.69) is 67.8 Å². The second-order valence-electron chi connectivity index (χ2n) is 15.8. The second kappa shape index (κ2) is 45.5. The molecule has 0 aliphatic rings. The molecule has 54 heavy (non-hydrogen) atoms. The standard InChI is InChI=1S/C50H91NO3/c1-3-5-7-9-11-13-15-17-18-19-20-21-22-23-24-25-26-27-28-29-30-31-32-34-36-38-40-42-44-46-50(54)51-48(47-52)49(53)45-43-41-39-37-35-33-16-14-12-10-8-6-4-2/h12,14-15,17,19-20,35,37,43,45,48-49,52-53H,3-11,13,16,18,21-34,36,38-42,44,46-47H2,1-2H3,(H,51,54)/b14-12+,17-15-,20-19-,37-35+,45-43+. The van der Waals surface area contributed by atoms with Crippen molar-refractivity contribution in [2.45, 2.75) is 244 Å². The summed E-state index contributed by atoms with van der Waals surface area (Å²) in [5.41, 5.74) is 0. The van der Waals surface area contributed by atoms with Crippen molar-refractivity contribution in [3.05, 3.63) is 60.8 Å². The lowest BCUT2D eigenvalue weighted by atomic mass is 10.0. The van der Waals surface area contributed by atoms with Gasteiger partial charge in [0, 0.05) is 6.42 Å². The molecule has 3 N–H and O–H groups in total. The molecule has 0 aromatic rings. The number of carbonyl (C=O) groups is 1. The molecule has 0 rings (SSSR count). The van der Waals surface area contributed by atoms with Crippen LogP contribution in [0.1, 0.15) is 232 Å².